The molecule has 1 aromatic carbocycles. The van der Waals surface area contributed by atoms with Gasteiger partial charge >= 0.3 is 0 Å². The third-order valence-electron chi connectivity index (χ3n) is 2.88. The number of hydrogen-bond acceptors (Lipinski definition) is 2. The Kier molecular flexibility index (Phi) is 2.92. The van der Waals surface area contributed by atoms with Crippen LogP contribution >= 0.6 is 33.9 Å². The van der Waals surface area contributed by atoms with Gasteiger partial charge in [0.1, 0.15) is 0 Å². The van der Waals surface area contributed by atoms with Crippen LogP contribution in [0.5, 0.6) is 0 Å². The molecule has 3 rings (SSSR count). The molecule has 2 aromatic heterocycles. The third-order valence-corrected chi connectivity index (χ3v) is 4.59. The lowest BCUT2D eigenvalue weighted by Crippen LogP contribution is -2.06. The summed E-state index contributed by atoms with van der Waals surface area (Å²) in [6.45, 7) is 2.19. The van der Waals surface area contributed by atoms with Crippen LogP contribution in [0, 0.1) is 3.57 Å². The molecular weight excluding hydrogens is 343 g/mol. The predicted octanol–water partition coefficient (Wildman–Crippen LogP) is 4.31. The van der Waals surface area contributed by atoms with Crippen LogP contribution in [0.25, 0.3) is 10.9 Å². The van der Waals surface area contributed by atoms with Gasteiger partial charge in [-0.05, 0) is 59.2 Å². The number of rotatable bonds is 2. The molecule has 0 aliphatic heterocycles. The topological polar surface area (TPSA) is 17.8 Å². The number of nitrogens with zero attached hydrogens (tertiary/aromatic N) is 2. The summed E-state index contributed by atoms with van der Waals surface area (Å²) in [6.07, 6.45) is 1.95. The smallest absolute Gasteiger partial charge is 0.0839 e. The van der Waals surface area contributed by atoms with Crippen LogP contribution < -0.4 is 0 Å². The van der Waals surface area contributed by atoms with E-state index in [1.165, 1.54) is 19.4 Å². The molecule has 1 atom stereocenters. The van der Waals surface area contributed by atoms with Crippen molar-refractivity contribution < 1.29 is 0 Å². The van der Waals surface area contributed by atoms with Crippen molar-refractivity contribution >= 4 is 44.8 Å². The fraction of sp³-hybridized carbons (Fsp3) is 0.154. The molecule has 0 radical (unpaired) electrons. The second kappa shape index (κ2) is 4.42. The number of benzene rings is 1. The van der Waals surface area contributed by atoms with Crippen LogP contribution in [-0.2, 0) is 0 Å². The van der Waals surface area contributed by atoms with Crippen molar-refractivity contribution in [2.45, 2.75) is 13.0 Å². The highest BCUT2D eigenvalue weighted by Gasteiger charge is 2.12. The van der Waals surface area contributed by atoms with E-state index in [0.29, 0.717) is 6.04 Å². The minimum absolute atomic E-state index is 0.299. The zero-order valence-corrected chi connectivity index (χ0v) is 12.3. The van der Waals surface area contributed by atoms with Gasteiger partial charge in [0.25, 0.3) is 0 Å². The predicted molar refractivity (Wildman–Crippen MR) is 80.6 cm³/mol. The van der Waals surface area contributed by atoms with Gasteiger partial charge in [0.15, 0.2) is 0 Å². The lowest BCUT2D eigenvalue weighted by Gasteiger charge is -2.11. The lowest BCUT2D eigenvalue weighted by molar-refractivity contribution is 0.593. The van der Waals surface area contributed by atoms with Crippen molar-refractivity contribution in [1.29, 1.82) is 0 Å². The first-order chi connectivity index (χ1) is 8.25. The normalized spacial score (nSPS) is 13.1. The zero-order valence-electron chi connectivity index (χ0n) is 9.30. The second-order valence-corrected chi connectivity index (χ2v) is 6.21. The summed E-state index contributed by atoms with van der Waals surface area (Å²) in [7, 11) is 0. The summed E-state index contributed by atoms with van der Waals surface area (Å²) in [4.78, 5) is 1.34. The molecule has 2 nitrogen and oxygen atoms in total. The first kappa shape index (κ1) is 11.2. The van der Waals surface area contributed by atoms with Crippen molar-refractivity contribution in [3.05, 3.63) is 50.4 Å². The standard InChI is InChI=1S/C13H11IN2S/c1-9(13-3-2-6-17-13)16-12-5-4-11(14)7-10(12)8-15-16/h2-9H,1H3. The summed E-state index contributed by atoms with van der Waals surface area (Å²) in [6, 6.07) is 11.0. The summed E-state index contributed by atoms with van der Waals surface area (Å²) < 4.78 is 3.34. The van der Waals surface area contributed by atoms with Crippen molar-refractivity contribution in [3.63, 3.8) is 0 Å². The Morgan fingerprint density at radius 2 is 2.24 bits per heavy atom. The maximum atomic E-state index is 4.51. The van der Waals surface area contributed by atoms with Gasteiger partial charge < -0.3 is 0 Å². The Labute approximate surface area is 117 Å². The van der Waals surface area contributed by atoms with Gasteiger partial charge in [-0.25, -0.2) is 0 Å². The molecule has 0 fully saturated rings. The monoisotopic (exact) mass is 354 g/mol. The first-order valence-corrected chi connectivity index (χ1v) is 7.38. The highest BCUT2D eigenvalue weighted by atomic mass is 127. The van der Waals surface area contributed by atoms with E-state index in [0.717, 1.165) is 0 Å². The van der Waals surface area contributed by atoms with Crippen LogP contribution in [0.4, 0.5) is 0 Å². The molecule has 0 aliphatic carbocycles. The summed E-state index contributed by atoms with van der Waals surface area (Å²) in [5.41, 5.74) is 1.20. The number of halogens is 1. The molecule has 0 aliphatic rings. The van der Waals surface area contributed by atoms with Gasteiger partial charge in [-0.3, -0.25) is 4.68 Å². The molecule has 2 heterocycles. The van der Waals surface area contributed by atoms with Gasteiger partial charge in [0.2, 0.25) is 0 Å². The van der Waals surface area contributed by atoms with Crippen LogP contribution in [0.2, 0.25) is 0 Å². The van der Waals surface area contributed by atoms with Gasteiger partial charge in [-0.1, -0.05) is 6.07 Å². The Hall–Kier alpha value is -0.880. The fourth-order valence-corrected chi connectivity index (χ4v) is 3.27. The van der Waals surface area contributed by atoms with Crippen LogP contribution in [0.1, 0.15) is 17.8 Å². The van der Waals surface area contributed by atoms with Gasteiger partial charge in [0.05, 0.1) is 17.8 Å². The maximum absolute atomic E-state index is 4.51. The molecule has 4 heteroatoms. The van der Waals surface area contributed by atoms with E-state index in [1.54, 1.807) is 11.3 Å². The highest BCUT2D eigenvalue weighted by molar-refractivity contribution is 14.1. The highest BCUT2D eigenvalue weighted by Crippen LogP contribution is 2.26. The van der Waals surface area contributed by atoms with Crippen molar-refractivity contribution in [3.8, 4) is 0 Å². The van der Waals surface area contributed by atoms with E-state index >= 15 is 0 Å². The molecule has 3 aromatic rings. The summed E-state index contributed by atoms with van der Waals surface area (Å²) in [5.74, 6) is 0. The molecule has 1 unspecified atom stereocenters. The van der Waals surface area contributed by atoms with E-state index in [2.05, 4.69) is 75.0 Å². The molecule has 0 spiro atoms. The van der Waals surface area contributed by atoms with E-state index in [-0.39, 0.29) is 0 Å². The molecular formula is C13H11IN2S. The summed E-state index contributed by atoms with van der Waals surface area (Å²) in [5, 5.41) is 7.83. The quantitative estimate of drug-likeness (QED) is 0.627. The van der Waals surface area contributed by atoms with E-state index < -0.39 is 0 Å². The van der Waals surface area contributed by atoms with Crippen molar-refractivity contribution in [2.24, 2.45) is 0 Å². The number of hydrogen-bond donors (Lipinski definition) is 0. The van der Waals surface area contributed by atoms with Crippen molar-refractivity contribution in [1.82, 2.24) is 9.78 Å². The molecule has 0 bridgehead atoms. The Bertz CT molecular complexity index is 643. The van der Waals surface area contributed by atoms with E-state index in [1.807, 2.05) is 6.20 Å². The Morgan fingerprint density at radius 1 is 1.35 bits per heavy atom. The molecule has 0 saturated heterocycles. The third kappa shape index (κ3) is 1.99. The number of fused-ring (bicyclic) bond motifs is 1. The average Bonchev–Trinajstić information content (AvgIpc) is 2.96. The number of thiophene rings is 1. The largest absolute Gasteiger partial charge is 0.257 e. The Morgan fingerprint density at radius 3 is 3.00 bits per heavy atom. The lowest BCUT2D eigenvalue weighted by atomic mass is 10.2. The van der Waals surface area contributed by atoms with E-state index in [4.69, 9.17) is 0 Å². The van der Waals surface area contributed by atoms with Crippen LogP contribution in [-0.4, -0.2) is 9.78 Å². The first-order valence-electron chi connectivity index (χ1n) is 5.42. The summed E-state index contributed by atoms with van der Waals surface area (Å²) >= 11 is 4.11. The number of aromatic nitrogens is 2. The minimum atomic E-state index is 0.299. The van der Waals surface area contributed by atoms with Crippen LogP contribution in [0.15, 0.2) is 41.9 Å². The average molecular weight is 354 g/mol. The van der Waals surface area contributed by atoms with E-state index in [9.17, 15) is 0 Å². The molecule has 0 saturated carbocycles. The Balaban J connectivity index is 2.12. The molecule has 17 heavy (non-hydrogen) atoms. The SMILES string of the molecule is CC(c1cccs1)n1ncc2cc(I)ccc21. The molecule has 0 N–H and O–H groups in total. The van der Waals surface area contributed by atoms with Crippen molar-refractivity contribution in [2.75, 3.05) is 0 Å². The van der Waals surface area contributed by atoms with Gasteiger partial charge in [-0.2, -0.15) is 5.10 Å². The minimum Gasteiger partial charge on any atom is -0.257 e. The van der Waals surface area contributed by atoms with Gasteiger partial charge in [-0.15, -0.1) is 11.3 Å². The van der Waals surface area contributed by atoms with Gasteiger partial charge in [0, 0.05) is 13.8 Å². The molecule has 86 valence electrons. The zero-order chi connectivity index (χ0) is 11.8. The fourth-order valence-electron chi connectivity index (χ4n) is 1.98. The second-order valence-electron chi connectivity index (χ2n) is 3.98. The van der Waals surface area contributed by atoms with Crippen LogP contribution in [0.3, 0.4) is 0 Å². The molecule has 0 amide bonds. The maximum Gasteiger partial charge on any atom is 0.0839 e.